The van der Waals surface area contributed by atoms with Gasteiger partial charge in [-0.15, -0.1) is 0 Å². The van der Waals surface area contributed by atoms with Gasteiger partial charge in [0.1, 0.15) is 6.61 Å². The SMILES string of the molecule is COC1(OC)CN[C@@H](C(=O)Nc2ccc(N3CCOCC3=O)cc2)C1. The summed E-state index contributed by atoms with van der Waals surface area (Å²) >= 11 is 0. The lowest BCUT2D eigenvalue weighted by atomic mass is 10.1. The Bertz CT molecular complexity index is 630. The highest BCUT2D eigenvalue weighted by atomic mass is 16.7. The molecule has 2 aliphatic rings. The van der Waals surface area contributed by atoms with E-state index in [1.54, 1.807) is 31.3 Å². The third kappa shape index (κ3) is 3.82. The van der Waals surface area contributed by atoms with E-state index in [4.69, 9.17) is 14.2 Å². The van der Waals surface area contributed by atoms with Gasteiger partial charge in [-0.1, -0.05) is 0 Å². The largest absolute Gasteiger partial charge is 0.370 e. The Hall–Kier alpha value is -2.00. The van der Waals surface area contributed by atoms with Gasteiger partial charge < -0.3 is 29.7 Å². The zero-order chi connectivity index (χ0) is 17.9. The maximum Gasteiger partial charge on any atom is 0.253 e. The molecule has 2 aliphatic heterocycles. The number of morpholine rings is 1. The van der Waals surface area contributed by atoms with Crippen molar-refractivity contribution in [1.82, 2.24) is 5.32 Å². The Labute approximate surface area is 146 Å². The van der Waals surface area contributed by atoms with Crippen LogP contribution in [0, 0.1) is 0 Å². The molecule has 0 unspecified atom stereocenters. The lowest BCUT2D eigenvalue weighted by Gasteiger charge is -2.27. The van der Waals surface area contributed by atoms with Gasteiger partial charge in [0, 0.05) is 38.6 Å². The molecule has 0 spiro atoms. The van der Waals surface area contributed by atoms with Crippen molar-refractivity contribution in [2.24, 2.45) is 0 Å². The fraction of sp³-hybridized carbons (Fsp3) is 0.529. The first-order valence-electron chi connectivity index (χ1n) is 8.19. The van der Waals surface area contributed by atoms with Gasteiger partial charge in [0.15, 0.2) is 5.79 Å². The summed E-state index contributed by atoms with van der Waals surface area (Å²) < 4.78 is 15.8. The van der Waals surface area contributed by atoms with Crippen molar-refractivity contribution < 1.29 is 23.8 Å². The van der Waals surface area contributed by atoms with E-state index in [0.29, 0.717) is 31.8 Å². The Balaban J connectivity index is 1.60. The second-order valence-electron chi connectivity index (χ2n) is 6.09. The van der Waals surface area contributed by atoms with Gasteiger partial charge in [-0.3, -0.25) is 9.59 Å². The Morgan fingerprint density at radius 2 is 2.04 bits per heavy atom. The van der Waals surface area contributed by atoms with E-state index in [9.17, 15) is 9.59 Å². The van der Waals surface area contributed by atoms with Crippen molar-refractivity contribution in [3.63, 3.8) is 0 Å². The van der Waals surface area contributed by atoms with Gasteiger partial charge in [0.25, 0.3) is 5.91 Å². The summed E-state index contributed by atoms with van der Waals surface area (Å²) in [7, 11) is 3.13. The van der Waals surface area contributed by atoms with Crippen molar-refractivity contribution >= 4 is 23.2 Å². The molecule has 8 heteroatoms. The summed E-state index contributed by atoms with van der Waals surface area (Å²) in [5, 5.41) is 5.98. The lowest BCUT2D eigenvalue weighted by molar-refractivity contribution is -0.192. The summed E-state index contributed by atoms with van der Waals surface area (Å²) in [4.78, 5) is 25.9. The summed E-state index contributed by atoms with van der Waals surface area (Å²) in [5.74, 6) is -0.970. The van der Waals surface area contributed by atoms with E-state index in [1.807, 2.05) is 12.1 Å². The summed E-state index contributed by atoms with van der Waals surface area (Å²) in [6.45, 7) is 1.62. The second-order valence-corrected chi connectivity index (χ2v) is 6.09. The first kappa shape index (κ1) is 17.8. The number of hydrogen-bond donors (Lipinski definition) is 2. The van der Waals surface area contributed by atoms with Gasteiger partial charge in [-0.25, -0.2) is 0 Å². The van der Waals surface area contributed by atoms with Crippen molar-refractivity contribution in [2.45, 2.75) is 18.2 Å². The molecule has 1 aromatic carbocycles. The second kappa shape index (κ2) is 7.49. The molecule has 1 atom stereocenters. The quantitative estimate of drug-likeness (QED) is 0.745. The molecule has 2 N–H and O–H groups in total. The molecule has 0 saturated carbocycles. The van der Waals surface area contributed by atoms with Crippen LogP contribution in [0.1, 0.15) is 6.42 Å². The molecule has 0 bridgehead atoms. The molecule has 1 aromatic rings. The molecule has 2 amide bonds. The lowest BCUT2D eigenvalue weighted by Crippen LogP contribution is -2.41. The molecule has 2 fully saturated rings. The number of rotatable bonds is 5. The number of carbonyl (C=O) groups is 2. The van der Waals surface area contributed by atoms with Crippen LogP contribution in [-0.2, 0) is 23.8 Å². The van der Waals surface area contributed by atoms with Gasteiger partial charge >= 0.3 is 0 Å². The van der Waals surface area contributed by atoms with Crippen LogP contribution in [0.5, 0.6) is 0 Å². The van der Waals surface area contributed by atoms with Crippen molar-refractivity contribution in [2.75, 3.05) is 50.7 Å². The first-order valence-corrected chi connectivity index (χ1v) is 8.19. The van der Waals surface area contributed by atoms with E-state index in [1.165, 1.54) is 0 Å². The minimum atomic E-state index is -0.761. The maximum atomic E-state index is 12.4. The molecule has 0 aliphatic carbocycles. The van der Waals surface area contributed by atoms with Crippen LogP contribution in [0.4, 0.5) is 11.4 Å². The molecule has 25 heavy (non-hydrogen) atoms. The molecule has 0 aromatic heterocycles. The monoisotopic (exact) mass is 349 g/mol. The normalized spacial score (nSPS) is 22.9. The minimum Gasteiger partial charge on any atom is -0.370 e. The van der Waals surface area contributed by atoms with Crippen molar-refractivity contribution in [3.8, 4) is 0 Å². The highest BCUT2D eigenvalue weighted by Gasteiger charge is 2.42. The number of nitrogens with zero attached hydrogens (tertiary/aromatic N) is 1. The predicted octanol–water partition coefficient (Wildman–Crippen LogP) is 0.339. The molecule has 0 radical (unpaired) electrons. The van der Waals surface area contributed by atoms with Gasteiger partial charge in [-0.05, 0) is 24.3 Å². The Kier molecular flexibility index (Phi) is 5.33. The number of carbonyl (C=O) groups excluding carboxylic acids is 2. The third-order valence-electron chi connectivity index (χ3n) is 4.63. The highest BCUT2D eigenvalue weighted by Crippen LogP contribution is 2.25. The number of hydrogen-bond acceptors (Lipinski definition) is 6. The van der Waals surface area contributed by atoms with Crippen LogP contribution in [0.25, 0.3) is 0 Å². The molecular formula is C17H23N3O5. The number of anilines is 2. The van der Waals surface area contributed by atoms with Crippen LogP contribution < -0.4 is 15.5 Å². The van der Waals surface area contributed by atoms with Crippen LogP contribution in [-0.4, -0.2) is 64.2 Å². The molecule has 2 saturated heterocycles. The fourth-order valence-electron chi connectivity index (χ4n) is 3.06. The fourth-order valence-corrected chi connectivity index (χ4v) is 3.06. The summed E-state index contributed by atoms with van der Waals surface area (Å²) in [5.41, 5.74) is 1.46. The van der Waals surface area contributed by atoms with E-state index >= 15 is 0 Å². The number of benzene rings is 1. The molecule has 8 nitrogen and oxygen atoms in total. The predicted molar refractivity (Wildman–Crippen MR) is 91.4 cm³/mol. The van der Waals surface area contributed by atoms with Gasteiger partial charge in [0.2, 0.25) is 5.91 Å². The molecule has 136 valence electrons. The van der Waals surface area contributed by atoms with E-state index in [0.717, 1.165) is 5.69 Å². The van der Waals surface area contributed by atoms with Gasteiger partial charge in [-0.2, -0.15) is 0 Å². The number of ether oxygens (including phenoxy) is 3. The average molecular weight is 349 g/mol. The Morgan fingerprint density at radius 1 is 1.32 bits per heavy atom. The standard InChI is InChI=1S/C17H23N3O5/c1-23-17(24-2)9-14(18-11-17)16(22)19-12-3-5-13(6-4-12)20-7-8-25-10-15(20)21/h3-6,14,18H,7-11H2,1-2H3,(H,19,22)/t14-/m1/s1. The van der Waals surface area contributed by atoms with Gasteiger partial charge in [0.05, 0.1) is 19.2 Å². The first-order chi connectivity index (χ1) is 12.1. The third-order valence-corrected chi connectivity index (χ3v) is 4.63. The molecule has 3 rings (SSSR count). The molecular weight excluding hydrogens is 326 g/mol. The average Bonchev–Trinajstić information content (AvgIpc) is 3.08. The van der Waals surface area contributed by atoms with E-state index < -0.39 is 5.79 Å². The summed E-state index contributed by atoms with van der Waals surface area (Å²) in [6, 6.07) is 6.81. The highest BCUT2D eigenvalue weighted by molar-refractivity contribution is 5.97. The van der Waals surface area contributed by atoms with Crippen molar-refractivity contribution in [3.05, 3.63) is 24.3 Å². The summed E-state index contributed by atoms with van der Waals surface area (Å²) in [6.07, 6.45) is 0.437. The number of nitrogens with one attached hydrogen (secondary N) is 2. The van der Waals surface area contributed by atoms with Crippen molar-refractivity contribution in [1.29, 1.82) is 0 Å². The smallest absolute Gasteiger partial charge is 0.253 e. The minimum absolute atomic E-state index is 0.0614. The van der Waals surface area contributed by atoms with Crippen LogP contribution in [0.3, 0.4) is 0 Å². The topological polar surface area (TPSA) is 89.1 Å². The Morgan fingerprint density at radius 3 is 2.64 bits per heavy atom. The molecule has 2 heterocycles. The number of amides is 2. The van der Waals surface area contributed by atoms with E-state index in [2.05, 4.69) is 10.6 Å². The van der Waals surface area contributed by atoms with Crippen LogP contribution >= 0.6 is 0 Å². The maximum absolute atomic E-state index is 12.4. The van der Waals surface area contributed by atoms with E-state index in [-0.39, 0.29) is 24.5 Å². The zero-order valence-electron chi connectivity index (χ0n) is 14.4. The zero-order valence-corrected chi connectivity index (χ0v) is 14.4. The van der Waals surface area contributed by atoms with Crippen LogP contribution in [0.15, 0.2) is 24.3 Å². The number of methoxy groups -OCH3 is 2. The van der Waals surface area contributed by atoms with Crippen LogP contribution in [0.2, 0.25) is 0 Å².